The molecule has 0 saturated carbocycles. The van der Waals surface area contributed by atoms with Gasteiger partial charge in [0.05, 0.1) is 23.9 Å². The highest BCUT2D eigenvalue weighted by atomic mass is 79.9. The van der Waals surface area contributed by atoms with Crippen LogP contribution in [0, 0.1) is 5.82 Å². The Labute approximate surface area is 138 Å². The number of carbonyl (C=O) groups is 1. The molecule has 1 aliphatic heterocycles. The van der Waals surface area contributed by atoms with E-state index in [4.69, 9.17) is 9.31 Å². The van der Waals surface area contributed by atoms with Gasteiger partial charge in [-0.15, -0.1) is 0 Å². The van der Waals surface area contributed by atoms with E-state index in [9.17, 15) is 9.18 Å². The van der Waals surface area contributed by atoms with E-state index in [1.807, 2.05) is 27.7 Å². The van der Waals surface area contributed by atoms with E-state index in [0.717, 1.165) is 6.07 Å². The normalized spacial score (nSPS) is 19.3. The van der Waals surface area contributed by atoms with Crippen molar-refractivity contribution in [3.05, 3.63) is 29.1 Å². The maximum absolute atomic E-state index is 14.3. The highest BCUT2D eigenvalue weighted by Gasteiger charge is 2.52. The molecule has 1 heterocycles. The summed E-state index contributed by atoms with van der Waals surface area (Å²) in [5, 5.41) is 0.291. The van der Waals surface area contributed by atoms with E-state index < -0.39 is 30.1 Å². The van der Waals surface area contributed by atoms with Gasteiger partial charge in [-0.05, 0) is 50.9 Å². The van der Waals surface area contributed by atoms with Crippen LogP contribution in [0.25, 0.3) is 0 Å². The molecule has 2 rings (SSSR count). The lowest BCUT2D eigenvalue weighted by Gasteiger charge is -2.32. The third-order valence-corrected chi connectivity index (χ3v) is 4.85. The first-order valence-corrected chi connectivity index (χ1v) is 8.07. The molecule has 0 N–H and O–H groups in total. The fraction of sp³-hybridized carbons (Fsp3) is 0.533. The molecule has 0 radical (unpaired) electrons. The van der Waals surface area contributed by atoms with E-state index in [0.29, 0.717) is 16.4 Å². The van der Waals surface area contributed by atoms with Gasteiger partial charge in [-0.25, -0.2) is 9.18 Å². The molecule has 0 spiro atoms. The molecule has 22 heavy (non-hydrogen) atoms. The van der Waals surface area contributed by atoms with E-state index in [1.54, 1.807) is 6.07 Å². The Morgan fingerprint density at radius 2 is 1.82 bits per heavy atom. The Morgan fingerprint density at radius 1 is 1.27 bits per heavy atom. The van der Waals surface area contributed by atoms with Gasteiger partial charge in [0, 0.05) is 5.33 Å². The van der Waals surface area contributed by atoms with Crippen LogP contribution in [0.15, 0.2) is 12.1 Å². The van der Waals surface area contributed by atoms with Gasteiger partial charge in [0.15, 0.2) is 0 Å². The molecule has 1 aliphatic rings. The highest BCUT2D eigenvalue weighted by Crippen LogP contribution is 2.37. The number of benzene rings is 1. The zero-order valence-corrected chi connectivity index (χ0v) is 14.9. The Morgan fingerprint density at radius 3 is 2.27 bits per heavy atom. The third-order valence-electron chi connectivity index (χ3n) is 4.29. The number of methoxy groups -OCH3 is 1. The zero-order valence-electron chi connectivity index (χ0n) is 13.3. The summed E-state index contributed by atoms with van der Waals surface area (Å²) in [5.41, 5.74) is -0.0469. The molecule has 7 heteroatoms. The van der Waals surface area contributed by atoms with Crippen LogP contribution in [0.5, 0.6) is 0 Å². The Kier molecular flexibility index (Phi) is 4.71. The van der Waals surface area contributed by atoms with Crippen LogP contribution < -0.4 is 5.46 Å². The fourth-order valence-electron chi connectivity index (χ4n) is 2.21. The molecule has 120 valence electrons. The standard InChI is InChI=1S/C15H19BBrFO4/c1-14(2)15(3,4)22-16(21-14)11-6-9(13(19)20-5)7-12(18)10(11)8-17/h6-7H,8H2,1-5H3. The van der Waals surface area contributed by atoms with E-state index in [2.05, 4.69) is 20.7 Å². The molecule has 4 nitrogen and oxygen atoms in total. The number of carbonyl (C=O) groups excluding carboxylic acids is 1. The Balaban J connectivity index is 2.50. The molecule has 1 aromatic rings. The molecule has 0 aromatic heterocycles. The molecule has 0 unspecified atom stereocenters. The second-order valence-electron chi connectivity index (χ2n) is 6.24. The monoisotopic (exact) mass is 372 g/mol. The molecule has 1 aromatic carbocycles. The van der Waals surface area contributed by atoms with Crippen molar-refractivity contribution in [2.24, 2.45) is 0 Å². The van der Waals surface area contributed by atoms with Crippen LogP contribution in [0.1, 0.15) is 43.6 Å². The topological polar surface area (TPSA) is 44.8 Å². The van der Waals surface area contributed by atoms with E-state index in [-0.39, 0.29) is 5.56 Å². The van der Waals surface area contributed by atoms with Crippen molar-refractivity contribution in [1.29, 1.82) is 0 Å². The summed E-state index contributed by atoms with van der Waals surface area (Å²) < 4.78 is 30.9. The highest BCUT2D eigenvalue weighted by molar-refractivity contribution is 9.08. The molecular formula is C15H19BBrFO4. The average Bonchev–Trinajstić information content (AvgIpc) is 2.65. The summed E-state index contributed by atoms with van der Waals surface area (Å²) in [7, 11) is 0.518. The van der Waals surface area contributed by atoms with Gasteiger partial charge in [0.2, 0.25) is 0 Å². The maximum Gasteiger partial charge on any atom is 0.495 e. The number of hydrogen-bond acceptors (Lipinski definition) is 4. The average molecular weight is 373 g/mol. The lowest BCUT2D eigenvalue weighted by molar-refractivity contribution is 0.00578. The molecule has 0 aliphatic carbocycles. The maximum atomic E-state index is 14.3. The lowest BCUT2D eigenvalue weighted by atomic mass is 9.75. The number of halogens is 2. The van der Waals surface area contributed by atoms with Crippen LogP contribution in [0.2, 0.25) is 0 Å². The quantitative estimate of drug-likeness (QED) is 0.465. The first kappa shape index (κ1) is 17.4. The molecule has 1 fully saturated rings. The summed E-state index contributed by atoms with van der Waals surface area (Å²) in [6.45, 7) is 7.67. The van der Waals surface area contributed by atoms with Crippen molar-refractivity contribution in [3.8, 4) is 0 Å². The second-order valence-corrected chi connectivity index (χ2v) is 6.80. The van der Waals surface area contributed by atoms with Gasteiger partial charge in [-0.2, -0.15) is 0 Å². The summed E-state index contributed by atoms with van der Waals surface area (Å²) in [4.78, 5) is 11.7. The van der Waals surface area contributed by atoms with Crippen LogP contribution >= 0.6 is 15.9 Å². The first-order valence-electron chi connectivity index (χ1n) is 6.95. The summed E-state index contributed by atoms with van der Waals surface area (Å²) in [6, 6.07) is 2.73. The molecular weight excluding hydrogens is 354 g/mol. The van der Waals surface area contributed by atoms with Gasteiger partial charge in [0.25, 0.3) is 0 Å². The molecule has 0 atom stereocenters. The first-order chi connectivity index (χ1) is 10.1. The van der Waals surface area contributed by atoms with Crippen molar-refractivity contribution in [2.45, 2.75) is 44.2 Å². The van der Waals surface area contributed by atoms with Crippen molar-refractivity contribution in [3.63, 3.8) is 0 Å². The van der Waals surface area contributed by atoms with E-state index >= 15 is 0 Å². The van der Waals surface area contributed by atoms with Crippen LogP contribution in [-0.4, -0.2) is 31.4 Å². The number of hydrogen-bond donors (Lipinski definition) is 0. The minimum absolute atomic E-state index is 0.134. The van der Waals surface area contributed by atoms with Crippen LogP contribution in [0.3, 0.4) is 0 Å². The predicted molar refractivity (Wildman–Crippen MR) is 86.1 cm³/mol. The second kappa shape index (κ2) is 5.94. The van der Waals surface area contributed by atoms with Crippen molar-refractivity contribution >= 4 is 34.5 Å². The number of alkyl halides is 1. The van der Waals surface area contributed by atoms with Crippen molar-refractivity contribution in [2.75, 3.05) is 7.11 Å². The molecule has 1 saturated heterocycles. The molecule has 0 amide bonds. The van der Waals surface area contributed by atoms with Gasteiger partial charge >= 0.3 is 13.1 Å². The Bertz CT molecular complexity index is 587. The largest absolute Gasteiger partial charge is 0.495 e. The van der Waals surface area contributed by atoms with Crippen LogP contribution in [0.4, 0.5) is 4.39 Å². The van der Waals surface area contributed by atoms with Crippen LogP contribution in [-0.2, 0) is 19.4 Å². The predicted octanol–water partition coefficient (Wildman–Crippen LogP) is 2.81. The van der Waals surface area contributed by atoms with Gasteiger partial charge < -0.3 is 14.0 Å². The van der Waals surface area contributed by atoms with Crippen molar-refractivity contribution < 1.29 is 23.2 Å². The van der Waals surface area contributed by atoms with Crippen molar-refractivity contribution in [1.82, 2.24) is 0 Å². The smallest absolute Gasteiger partial charge is 0.465 e. The van der Waals surface area contributed by atoms with Gasteiger partial charge in [-0.3, -0.25) is 0 Å². The van der Waals surface area contributed by atoms with E-state index in [1.165, 1.54) is 7.11 Å². The Hall–Kier alpha value is -0.915. The number of ether oxygens (including phenoxy) is 1. The summed E-state index contributed by atoms with van der Waals surface area (Å²) in [5.74, 6) is -1.10. The summed E-state index contributed by atoms with van der Waals surface area (Å²) >= 11 is 3.27. The number of rotatable bonds is 3. The minimum atomic E-state index is -0.739. The minimum Gasteiger partial charge on any atom is -0.465 e. The van der Waals surface area contributed by atoms with Gasteiger partial charge in [0.1, 0.15) is 5.82 Å². The van der Waals surface area contributed by atoms with Gasteiger partial charge in [-0.1, -0.05) is 15.9 Å². The number of esters is 1. The fourth-order valence-corrected chi connectivity index (χ4v) is 2.81. The molecule has 0 bridgehead atoms. The third kappa shape index (κ3) is 2.94. The lowest BCUT2D eigenvalue weighted by Crippen LogP contribution is -2.41. The zero-order chi connectivity index (χ0) is 16.7. The SMILES string of the molecule is COC(=O)c1cc(F)c(CBr)c(B2OC(C)(C)C(C)(C)O2)c1. The summed E-state index contributed by atoms with van der Waals surface area (Å²) in [6.07, 6.45) is 0.